The minimum atomic E-state index is 0.110. The number of hydrogen-bond donors (Lipinski definition) is 2. The molecule has 1 aliphatic heterocycles. The Morgan fingerprint density at radius 2 is 2.43 bits per heavy atom. The number of aromatic nitrogens is 1. The van der Waals surface area contributed by atoms with Crippen molar-refractivity contribution >= 4 is 5.82 Å². The summed E-state index contributed by atoms with van der Waals surface area (Å²) in [5, 5.41) is 3.36. The Kier molecular flexibility index (Phi) is 2.65. The first-order chi connectivity index (χ1) is 6.75. The number of nitrogens with one attached hydrogen (secondary N) is 1. The Morgan fingerprint density at radius 1 is 1.57 bits per heavy atom. The van der Waals surface area contributed by atoms with Crippen molar-refractivity contribution in [3.8, 4) is 0 Å². The minimum absolute atomic E-state index is 0.110. The number of nitrogens with zero attached hydrogens (tertiary/aromatic N) is 1. The lowest BCUT2D eigenvalue weighted by molar-refractivity contribution is 0.00678. The maximum Gasteiger partial charge on any atom is 0.123 e. The number of rotatable bonds is 1. The van der Waals surface area contributed by atoms with E-state index in [1.807, 2.05) is 6.07 Å². The predicted molar refractivity (Wildman–Crippen MR) is 54.8 cm³/mol. The second-order valence-corrected chi connectivity index (χ2v) is 3.65. The first-order valence-corrected chi connectivity index (χ1v) is 4.82. The van der Waals surface area contributed by atoms with E-state index in [0.29, 0.717) is 11.9 Å². The Bertz CT molecular complexity index is 291. The molecule has 1 fully saturated rings. The molecule has 1 aliphatic rings. The number of morpholine rings is 1. The van der Waals surface area contributed by atoms with Crippen molar-refractivity contribution in [3.05, 3.63) is 23.9 Å². The van der Waals surface area contributed by atoms with Gasteiger partial charge in [-0.2, -0.15) is 0 Å². The standard InChI is InChI=1S/C10H15N3O/c1-7-6-14-9(5-12-7)8-2-3-10(11)13-4-8/h2-4,7,9,12H,5-6H2,1H3,(H2,11,13)/t7-,9+/m0/s1. The molecule has 0 bridgehead atoms. The van der Waals surface area contributed by atoms with E-state index in [1.54, 1.807) is 12.3 Å². The SMILES string of the molecule is C[C@H]1CO[C@@H](c2ccc(N)nc2)CN1. The van der Waals surface area contributed by atoms with Gasteiger partial charge in [0.15, 0.2) is 0 Å². The number of pyridine rings is 1. The summed E-state index contributed by atoms with van der Waals surface area (Å²) in [5.41, 5.74) is 6.59. The van der Waals surface area contributed by atoms with E-state index < -0.39 is 0 Å². The molecule has 0 aliphatic carbocycles. The maximum atomic E-state index is 5.67. The van der Waals surface area contributed by atoms with Crippen LogP contribution in [0.2, 0.25) is 0 Å². The molecule has 0 spiro atoms. The Hall–Kier alpha value is -1.13. The minimum Gasteiger partial charge on any atom is -0.384 e. The molecule has 4 nitrogen and oxygen atoms in total. The van der Waals surface area contributed by atoms with Crippen LogP contribution >= 0.6 is 0 Å². The number of anilines is 1. The smallest absolute Gasteiger partial charge is 0.123 e. The van der Waals surface area contributed by atoms with E-state index in [1.165, 1.54) is 0 Å². The normalized spacial score (nSPS) is 27.5. The fourth-order valence-corrected chi connectivity index (χ4v) is 1.51. The molecule has 0 saturated carbocycles. The van der Waals surface area contributed by atoms with Crippen LogP contribution in [0.25, 0.3) is 0 Å². The van der Waals surface area contributed by atoms with Gasteiger partial charge in [0.2, 0.25) is 0 Å². The van der Waals surface area contributed by atoms with Crippen LogP contribution in [0.1, 0.15) is 18.6 Å². The molecule has 76 valence electrons. The van der Waals surface area contributed by atoms with Gasteiger partial charge in [-0.3, -0.25) is 0 Å². The van der Waals surface area contributed by atoms with Crippen molar-refractivity contribution in [3.63, 3.8) is 0 Å². The largest absolute Gasteiger partial charge is 0.384 e. The van der Waals surface area contributed by atoms with Crippen LogP contribution < -0.4 is 11.1 Å². The molecule has 2 atom stereocenters. The van der Waals surface area contributed by atoms with Gasteiger partial charge >= 0.3 is 0 Å². The van der Waals surface area contributed by atoms with Crippen molar-refractivity contribution in [2.24, 2.45) is 0 Å². The molecule has 0 amide bonds. The van der Waals surface area contributed by atoms with Gasteiger partial charge in [-0.15, -0.1) is 0 Å². The quantitative estimate of drug-likeness (QED) is 0.689. The predicted octanol–water partition coefficient (Wildman–Crippen LogP) is 0.713. The molecule has 0 aromatic carbocycles. The summed E-state index contributed by atoms with van der Waals surface area (Å²) in [7, 11) is 0. The Balaban J connectivity index is 2.05. The topological polar surface area (TPSA) is 60.2 Å². The number of nitrogen functional groups attached to an aromatic ring is 1. The molecule has 0 unspecified atom stereocenters. The summed E-state index contributed by atoms with van der Waals surface area (Å²) in [6.07, 6.45) is 1.89. The molecule has 1 saturated heterocycles. The highest BCUT2D eigenvalue weighted by Crippen LogP contribution is 2.19. The summed E-state index contributed by atoms with van der Waals surface area (Å²) >= 11 is 0. The van der Waals surface area contributed by atoms with Gasteiger partial charge in [0.05, 0.1) is 12.7 Å². The van der Waals surface area contributed by atoms with Crippen LogP contribution in [-0.4, -0.2) is 24.2 Å². The molecule has 1 aromatic heterocycles. The van der Waals surface area contributed by atoms with Crippen LogP contribution in [0.3, 0.4) is 0 Å². The average molecular weight is 193 g/mol. The number of hydrogen-bond acceptors (Lipinski definition) is 4. The monoisotopic (exact) mass is 193 g/mol. The lowest BCUT2D eigenvalue weighted by Gasteiger charge is -2.28. The van der Waals surface area contributed by atoms with Gasteiger partial charge in [-0.05, 0) is 13.0 Å². The maximum absolute atomic E-state index is 5.67. The van der Waals surface area contributed by atoms with Gasteiger partial charge in [0.25, 0.3) is 0 Å². The first-order valence-electron chi connectivity index (χ1n) is 4.82. The van der Waals surface area contributed by atoms with Crippen LogP contribution in [0.15, 0.2) is 18.3 Å². The van der Waals surface area contributed by atoms with Gasteiger partial charge < -0.3 is 15.8 Å². The fraction of sp³-hybridized carbons (Fsp3) is 0.500. The van der Waals surface area contributed by atoms with Gasteiger partial charge in [-0.25, -0.2) is 4.98 Å². The molecule has 14 heavy (non-hydrogen) atoms. The fourth-order valence-electron chi connectivity index (χ4n) is 1.51. The van der Waals surface area contributed by atoms with E-state index >= 15 is 0 Å². The lowest BCUT2D eigenvalue weighted by atomic mass is 10.1. The second kappa shape index (κ2) is 3.94. The van der Waals surface area contributed by atoms with Gasteiger partial charge in [0.1, 0.15) is 5.82 Å². The van der Waals surface area contributed by atoms with E-state index in [9.17, 15) is 0 Å². The van der Waals surface area contributed by atoms with Crippen molar-refractivity contribution in [2.75, 3.05) is 18.9 Å². The zero-order valence-electron chi connectivity index (χ0n) is 8.23. The van der Waals surface area contributed by atoms with Crippen LogP contribution in [0.5, 0.6) is 0 Å². The molecule has 0 radical (unpaired) electrons. The lowest BCUT2D eigenvalue weighted by Crippen LogP contribution is -2.40. The van der Waals surface area contributed by atoms with Crippen LogP contribution in [0.4, 0.5) is 5.82 Å². The third kappa shape index (κ3) is 2.02. The van der Waals surface area contributed by atoms with Gasteiger partial charge in [0, 0.05) is 24.3 Å². The summed E-state index contributed by atoms with van der Waals surface area (Å²) in [6.45, 7) is 3.69. The molecule has 2 rings (SSSR count). The molecule has 4 heteroatoms. The summed E-state index contributed by atoms with van der Waals surface area (Å²) in [4.78, 5) is 4.04. The highest BCUT2D eigenvalue weighted by molar-refractivity contribution is 5.30. The number of ether oxygens (including phenoxy) is 1. The van der Waals surface area contributed by atoms with Crippen LogP contribution in [0, 0.1) is 0 Å². The Labute approximate surface area is 83.5 Å². The van der Waals surface area contributed by atoms with E-state index in [-0.39, 0.29) is 6.10 Å². The van der Waals surface area contributed by atoms with Crippen molar-refractivity contribution in [1.29, 1.82) is 0 Å². The zero-order chi connectivity index (χ0) is 9.97. The van der Waals surface area contributed by atoms with E-state index in [0.717, 1.165) is 18.7 Å². The molecular weight excluding hydrogens is 178 g/mol. The first kappa shape index (κ1) is 9.43. The van der Waals surface area contributed by atoms with Crippen molar-refractivity contribution in [2.45, 2.75) is 19.1 Å². The molecule has 1 aromatic rings. The molecule has 2 heterocycles. The second-order valence-electron chi connectivity index (χ2n) is 3.65. The average Bonchev–Trinajstić information content (AvgIpc) is 2.21. The third-order valence-corrected chi connectivity index (χ3v) is 2.38. The van der Waals surface area contributed by atoms with Crippen molar-refractivity contribution < 1.29 is 4.74 Å². The van der Waals surface area contributed by atoms with Gasteiger partial charge in [-0.1, -0.05) is 6.07 Å². The highest BCUT2D eigenvalue weighted by Gasteiger charge is 2.19. The summed E-state index contributed by atoms with van der Waals surface area (Å²) in [6, 6.07) is 4.20. The highest BCUT2D eigenvalue weighted by atomic mass is 16.5. The number of nitrogens with two attached hydrogens (primary N) is 1. The molecular formula is C10H15N3O. The van der Waals surface area contributed by atoms with E-state index in [4.69, 9.17) is 10.5 Å². The zero-order valence-corrected chi connectivity index (χ0v) is 8.23. The van der Waals surface area contributed by atoms with E-state index in [2.05, 4.69) is 17.2 Å². The third-order valence-electron chi connectivity index (χ3n) is 2.38. The van der Waals surface area contributed by atoms with Crippen molar-refractivity contribution in [1.82, 2.24) is 10.3 Å². The van der Waals surface area contributed by atoms with Crippen LogP contribution in [-0.2, 0) is 4.74 Å². The summed E-state index contributed by atoms with van der Waals surface area (Å²) < 4.78 is 5.67. The Morgan fingerprint density at radius 3 is 3.00 bits per heavy atom. The summed E-state index contributed by atoms with van der Waals surface area (Å²) in [5.74, 6) is 0.547. The molecule has 3 N–H and O–H groups in total.